The highest BCUT2D eigenvalue weighted by atomic mass is 16.5. The van der Waals surface area contributed by atoms with Gasteiger partial charge in [-0.2, -0.15) is 5.10 Å². The average molecular weight is 198 g/mol. The Kier molecular flexibility index (Phi) is 3.60. The van der Waals surface area contributed by atoms with Crippen molar-refractivity contribution in [3.05, 3.63) is 12.2 Å². The maximum absolute atomic E-state index is 5.62. The molecule has 5 nitrogen and oxygen atoms in total. The molecule has 0 bridgehead atoms. The summed E-state index contributed by atoms with van der Waals surface area (Å²) in [6, 6.07) is 0. The monoisotopic (exact) mass is 198 g/mol. The van der Waals surface area contributed by atoms with Crippen molar-refractivity contribution in [2.45, 2.75) is 39.5 Å². The van der Waals surface area contributed by atoms with Crippen molar-refractivity contribution < 1.29 is 4.74 Å². The second-order valence-electron chi connectivity index (χ2n) is 3.74. The lowest BCUT2D eigenvalue weighted by atomic mass is 10.1. The summed E-state index contributed by atoms with van der Waals surface area (Å²) < 4.78 is 7.43. The standard InChI is InChI=1S/C9H18N4O/c1-4-13-8(11-7-12-13)5-14-9(2,3)6-10/h7H,4-6,10H2,1-3H3. The van der Waals surface area contributed by atoms with E-state index in [0.717, 1.165) is 12.4 Å². The number of ether oxygens (including phenoxy) is 1. The van der Waals surface area contributed by atoms with Gasteiger partial charge in [-0.05, 0) is 20.8 Å². The fraction of sp³-hybridized carbons (Fsp3) is 0.778. The molecule has 80 valence electrons. The predicted octanol–water partition coefficient (Wildman–Crippen LogP) is 0.552. The van der Waals surface area contributed by atoms with Gasteiger partial charge in [-0.15, -0.1) is 0 Å². The Morgan fingerprint density at radius 1 is 1.57 bits per heavy atom. The third-order valence-electron chi connectivity index (χ3n) is 2.08. The first kappa shape index (κ1) is 11.1. The largest absolute Gasteiger partial charge is 0.366 e. The molecule has 0 saturated carbocycles. The molecule has 0 aromatic carbocycles. The van der Waals surface area contributed by atoms with Crippen LogP contribution in [0.4, 0.5) is 0 Å². The molecule has 1 rings (SSSR count). The maximum Gasteiger partial charge on any atom is 0.152 e. The smallest absolute Gasteiger partial charge is 0.152 e. The lowest BCUT2D eigenvalue weighted by molar-refractivity contribution is -0.0266. The van der Waals surface area contributed by atoms with E-state index >= 15 is 0 Å². The Labute approximate surface area is 84.3 Å². The van der Waals surface area contributed by atoms with E-state index in [9.17, 15) is 0 Å². The van der Waals surface area contributed by atoms with Gasteiger partial charge in [0.1, 0.15) is 12.9 Å². The molecule has 0 spiro atoms. The van der Waals surface area contributed by atoms with Gasteiger partial charge in [0.25, 0.3) is 0 Å². The van der Waals surface area contributed by atoms with Gasteiger partial charge in [0, 0.05) is 13.1 Å². The summed E-state index contributed by atoms with van der Waals surface area (Å²) >= 11 is 0. The minimum absolute atomic E-state index is 0.301. The maximum atomic E-state index is 5.62. The van der Waals surface area contributed by atoms with Gasteiger partial charge in [0.05, 0.1) is 5.60 Å². The summed E-state index contributed by atoms with van der Waals surface area (Å²) in [6.07, 6.45) is 1.54. The minimum atomic E-state index is -0.301. The molecule has 14 heavy (non-hydrogen) atoms. The lowest BCUT2D eigenvalue weighted by Crippen LogP contribution is -2.34. The van der Waals surface area contributed by atoms with Crippen LogP contribution in [0.2, 0.25) is 0 Å². The number of hydrogen-bond acceptors (Lipinski definition) is 4. The molecule has 1 heterocycles. The highest BCUT2D eigenvalue weighted by Gasteiger charge is 2.17. The van der Waals surface area contributed by atoms with Crippen LogP contribution < -0.4 is 5.73 Å². The SMILES string of the molecule is CCn1ncnc1COC(C)(C)CN. The fourth-order valence-electron chi connectivity index (χ4n) is 0.983. The van der Waals surface area contributed by atoms with Crippen molar-refractivity contribution in [2.75, 3.05) is 6.54 Å². The van der Waals surface area contributed by atoms with Crippen LogP contribution in [0.3, 0.4) is 0 Å². The number of nitrogens with zero attached hydrogens (tertiary/aromatic N) is 3. The van der Waals surface area contributed by atoms with E-state index in [4.69, 9.17) is 10.5 Å². The van der Waals surface area contributed by atoms with Crippen LogP contribution in [0, 0.1) is 0 Å². The summed E-state index contributed by atoms with van der Waals surface area (Å²) in [5.41, 5.74) is 5.25. The van der Waals surface area contributed by atoms with Gasteiger partial charge < -0.3 is 10.5 Å². The van der Waals surface area contributed by atoms with E-state index < -0.39 is 0 Å². The number of nitrogens with two attached hydrogens (primary N) is 1. The Morgan fingerprint density at radius 3 is 2.86 bits per heavy atom. The molecule has 0 atom stereocenters. The van der Waals surface area contributed by atoms with Crippen LogP contribution >= 0.6 is 0 Å². The van der Waals surface area contributed by atoms with E-state index in [0.29, 0.717) is 13.2 Å². The van der Waals surface area contributed by atoms with Crippen LogP contribution in [0.5, 0.6) is 0 Å². The first-order valence-corrected chi connectivity index (χ1v) is 4.80. The zero-order valence-electron chi connectivity index (χ0n) is 9.03. The normalized spacial score (nSPS) is 12.0. The highest BCUT2D eigenvalue weighted by Crippen LogP contribution is 2.09. The van der Waals surface area contributed by atoms with E-state index in [1.807, 2.05) is 25.5 Å². The number of aryl methyl sites for hydroxylation is 1. The predicted molar refractivity (Wildman–Crippen MR) is 53.6 cm³/mol. The van der Waals surface area contributed by atoms with E-state index in [2.05, 4.69) is 10.1 Å². The van der Waals surface area contributed by atoms with Crippen molar-refractivity contribution in [3.63, 3.8) is 0 Å². The van der Waals surface area contributed by atoms with Gasteiger partial charge in [-0.3, -0.25) is 0 Å². The van der Waals surface area contributed by atoms with Crippen molar-refractivity contribution in [3.8, 4) is 0 Å². The second-order valence-corrected chi connectivity index (χ2v) is 3.74. The van der Waals surface area contributed by atoms with Crippen LogP contribution in [0.1, 0.15) is 26.6 Å². The number of hydrogen-bond donors (Lipinski definition) is 1. The third-order valence-corrected chi connectivity index (χ3v) is 2.08. The van der Waals surface area contributed by atoms with Gasteiger partial charge in [-0.1, -0.05) is 0 Å². The zero-order chi connectivity index (χ0) is 10.6. The second kappa shape index (κ2) is 4.52. The van der Waals surface area contributed by atoms with Crippen molar-refractivity contribution in [1.82, 2.24) is 14.8 Å². The van der Waals surface area contributed by atoms with Crippen molar-refractivity contribution in [1.29, 1.82) is 0 Å². The van der Waals surface area contributed by atoms with E-state index in [-0.39, 0.29) is 5.60 Å². The summed E-state index contributed by atoms with van der Waals surface area (Å²) in [5, 5.41) is 4.06. The molecule has 1 aromatic rings. The summed E-state index contributed by atoms with van der Waals surface area (Å²) in [5.74, 6) is 0.842. The first-order chi connectivity index (χ1) is 6.59. The molecule has 0 aliphatic carbocycles. The van der Waals surface area contributed by atoms with Gasteiger partial charge in [0.15, 0.2) is 5.82 Å². The topological polar surface area (TPSA) is 66.0 Å². The zero-order valence-corrected chi connectivity index (χ0v) is 9.03. The molecule has 1 aromatic heterocycles. The Bertz CT molecular complexity index is 282. The van der Waals surface area contributed by atoms with Crippen LogP contribution in [-0.4, -0.2) is 26.9 Å². The van der Waals surface area contributed by atoms with Crippen LogP contribution in [0.25, 0.3) is 0 Å². The molecule has 0 unspecified atom stereocenters. The quantitative estimate of drug-likeness (QED) is 0.750. The molecule has 0 aliphatic heterocycles. The molecular weight excluding hydrogens is 180 g/mol. The Balaban J connectivity index is 2.53. The molecule has 0 amide bonds. The highest BCUT2D eigenvalue weighted by molar-refractivity contribution is 4.82. The molecular formula is C9H18N4O. The summed E-state index contributed by atoms with van der Waals surface area (Å²) in [6.45, 7) is 7.69. The van der Waals surface area contributed by atoms with Gasteiger partial charge in [-0.25, -0.2) is 9.67 Å². The Morgan fingerprint density at radius 2 is 2.29 bits per heavy atom. The number of aromatic nitrogens is 3. The van der Waals surface area contributed by atoms with Crippen LogP contribution in [0.15, 0.2) is 6.33 Å². The lowest BCUT2D eigenvalue weighted by Gasteiger charge is -2.22. The molecule has 0 saturated heterocycles. The number of rotatable bonds is 5. The van der Waals surface area contributed by atoms with Gasteiger partial charge >= 0.3 is 0 Å². The third kappa shape index (κ3) is 2.78. The van der Waals surface area contributed by atoms with E-state index in [1.165, 1.54) is 6.33 Å². The van der Waals surface area contributed by atoms with Crippen molar-refractivity contribution >= 4 is 0 Å². The van der Waals surface area contributed by atoms with Crippen LogP contribution in [-0.2, 0) is 17.9 Å². The molecule has 0 radical (unpaired) electrons. The molecule has 0 fully saturated rings. The van der Waals surface area contributed by atoms with Crippen molar-refractivity contribution in [2.24, 2.45) is 5.73 Å². The van der Waals surface area contributed by atoms with Gasteiger partial charge in [0.2, 0.25) is 0 Å². The Hall–Kier alpha value is -0.940. The summed E-state index contributed by atoms with van der Waals surface area (Å²) in [7, 11) is 0. The average Bonchev–Trinajstić information content (AvgIpc) is 2.62. The van der Waals surface area contributed by atoms with E-state index in [1.54, 1.807) is 0 Å². The molecule has 0 aliphatic rings. The molecule has 2 N–H and O–H groups in total. The molecule has 5 heteroatoms. The first-order valence-electron chi connectivity index (χ1n) is 4.80. The summed E-state index contributed by atoms with van der Waals surface area (Å²) in [4.78, 5) is 4.11. The fourth-order valence-corrected chi connectivity index (χ4v) is 0.983. The minimum Gasteiger partial charge on any atom is -0.366 e.